The molecule has 5 nitrogen and oxygen atoms in total. The Bertz CT molecular complexity index is 1590. The zero-order valence-corrected chi connectivity index (χ0v) is 22.6. The van der Waals surface area contributed by atoms with E-state index in [-0.39, 0.29) is 12.4 Å². The number of ether oxygens (including phenoxy) is 1. The number of methoxy groups -OCH3 is 1. The van der Waals surface area contributed by atoms with Gasteiger partial charge in [0, 0.05) is 33.2 Å². The van der Waals surface area contributed by atoms with Crippen molar-refractivity contribution in [3.05, 3.63) is 106 Å². The van der Waals surface area contributed by atoms with E-state index in [9.17, 15) is 4.79 Å². The van der Waals surface area contributed by atoms with Gasteiger partial charge in [-0.3, -0.25) is 4.79 Å². The van der Waals surface area contributed by atoms with Crippen molar-refractivity contribution in [3.8, 4) is 28.3 Å². The van der Waals surface area contributed by atoms with E-state index >= 15 is 0 Å². The maximum Gasteiger partial charge on any atom is 0.162 e. The van der Waals surface area contributed by atoms with Gasteiger partial charge in [-0.25, -0.2) is 0 Å². The minimum Gasteiger partial charge on any atom is -0.497 e. The van der Waals surface area contributed by atoms with Gasteiger partial charge in [-0.15, -0.1) is 5.10 Å². The second kappa shape index (κ2) is 11.3. The molecular formula is C31H26Cl2N2O3. The first-order chi connectivity index (χ1) is 18.4. The van der Waals surface area contributed by atoms with Gasteiger partial charge in [0.2, 0.25) is 0 Å². The van der Waals surface area contributed by atoms with Crippen molar-refractivity contribution < 1.29 is 14.4 Å². The highest BCUT2D eigenvalue weighted by molar-refractivity contribution is 6.35. The van der Waals surface area contributed by atoms with Crippen LogP contribution in [0.2, 0.25) is 10.0 Å². The fourth-order valence-corrected chi connectivity index (χ4v) is 4.83. The van der Waals surface area contributed by atoms with Crippen LogP contribution >= 0.6 is 23.2 Å². The smallest absolute Gasteiger partial charge is 0.162 e. The van der Waals surface area contributed by atoms with Gasteiger partial charge >= 0.3 is 0 Å². The number of ketones is 1. The maximum absolute atomic E-state index is 12.2. The summed E-state index contributed by atoms with van der Waals surface area (Å²) in [6, 6.07) is 26.9. The Morgan fingerprint density at radius 3 is 2.26 bits per heavy atom. The molecule has 0 N–H and O–H groups in total. The minimum absolute atomic E-state index is 0.146. The summed E-state index contributed by atoms with van der Waals surface area (Å²) in [6.45, 7) is 2.28. The highest BCUT2D eigenvalue weighted by Crippen LogP contribution is 2.32. The molecule has 0 atom stereocenters. The fraction of sp³-hybridized carbons (Fsp3) is 0.161. The summed E-state index contributed by atoms with van der Waals surface area (Å²) in [5.74, 6) is 0.953. The second-order valence-electron chi connectivity index (χ2n) is 9.02. The highest BCUT2D eigenvalue weighted by atomic mass is 35.5. The van der Waals surface area contributed by atoms with Crippen molar-refractivity contribution in [2.24, 2.45) is 0 Å². The molecule has 1 aromatic heterocycles. The number of benzene rings is 4. The predicted octanol–water partition coefficient (Wildman–Crippen LogP) is 8.30. The van der Waals surface area contributed by atoms with Crippen LogP contribution in [0.5, 0.6) is 5.75 Å². The van der Waals surface area contributed by atoms with Crippen LogP contribution in [0.4, 0.5) is 0 Å². The Kier molecular flexibility index (Phi) is 7.68. The number of halogens is 2. The lowest BCUT2D eigenvalue weighted by atomic mass is 10.0. The molecule has 0 aliphatic heterocycles. The SMILES string of the molecule is CCCC(=O)c1ccc(COn2nc(-c3cc(Cl)cc(Cl)c3)cc2-c2ccc3cc(OC)ccc3c2)cc1. The van der Waals surface area contributed by atoms with Gasteiger partial charge in [0.15, 0.2) is 5.78 Å². The molecule has 0 radical (unpaired) electrons. The Morgan fingerprint density at radius 2 is 1.55 bits per heavy atom. The van der Waals surface area contributed by atoms with E-state index < -0.39 is 0 Å². The van der Waals surface area contributed by atoms with Crippen molar-refractivity contribution >= 4 is 39.8 Å². The molecule has 0 saturated heterocycles. The van der Waals surface area contributed by atoms with Crippen LogP contribution in [0.1, 0.15) is 35.7 Å². The van der Waals surface area contributed by atoms with Crippen LogP contribution in [0.25, 0.3) is 33.3 Å². The van der Waals surface area contributed by atoms with E-state index in [2.05, 4.69) is 6.07 Å². The van der Waals surface area contributed by atoms with Crippen LogP contribution in [0.15, 0.2) is 84.9 Å². The van der Waals surface area contributed by atoms with E-state index in [4.69, 9.17) is 37.9 Å². The molecule has 0 spiro atoms. The maximum atomic E-state index is 12.2. The Morgan fingerprint density at radius 1 is 0.842 bits per heavy atom. The lowest BCUT2D eigenvalue weighted by molar-refractivity contribution is 0.0741. The van der Waals surface area contributed by atoms with Crippen LogP contribution in [0, 0.1) is 0 Å². The van der Waals surface area contributed by atoms with Gasteiger partial charge in [-0.05, 0) is 65.2 Å². The predicted molar refractivity (Wildman–Crippen MR) is 153 cm³/mol. The summed E-state index contributed by atoms with van der Waals surface area (Å²) in [7, 11) is 1.66. The van der Waals surface area contributed by atoms with Crippen molar-refractivity contribution in [1.82, 2.24) is 9.94 Å². The zero-order valence-electron chi connectivity index (χ0n) is 21.1. The molecule has 0 bridgehead atoms. The minimum atomic E-state index is 0.146. The number of carbonyl (C=O) groups excluding carboxylic acids is 1. The van der Waals surface area contributed by atoms with Crippen molar-refractivity contribution in [2.75, 3.05) is 7.11 Å². The van der Waals surface area contributed by atoms with Crippen LogP contribution in [0.3, 0.4) is 0 Å². The molecule has 0 unspecified atom stereocenters. The van der Waals surface area contributed by atoms with E-state index in [1.54, 1.807) is 13.2 Å². The van der Waals surface area contributed by atoms with Crippen molar-refractivity contribution in [2.45, 2.75) is 26.4 Å². The molecule has 0 aliphatic rings. The Labute approximate surface area is 231 Å². The monoisotopic (exact) mass is 544 g/mol. The highest BCUT2D eigenvalue weighted by Gasteiger charge is 2.15. The molecule has 4 aromatic carbocycles. The molecular weight excluding hydrogens is 519 g/mol. The van der Waals surface area contributed by atoms with Gasteiger partial charge in [-0.2, -0.15) is 0 Å². The summed E-state index contributed by atoms with van der Waals surface area (Å²) in [4.78, 5) is 19.9. The topological polar surface area (TPSA) is 53.4 Å². The molecule has 1 heterocycles. The zero-order chi connectivity index (χ0) is 26.6. The first-order valence-corrected chi connectivity index (χ1v) is 13.1. The average molecular weight is 545 g/mol. The quantitative estimate of drug-likeness (QED) is 0.175. The van der Waals surface area contributed by atoms with Crippen LogP contribution < -0.4 is 9.57 Å². The number of fused-ring (bicyclic) bond motifs is 1. The number of aromatic nitrogens is 2. The number of nitrogens with zero attached hydrogens (tertiary/aromatic N) is 2. The summed E-state index contributed by atoms with van der Waals surface area (Å²) >= 11 is 12.5. The normalized spacial score (nSPS) is 11.1. The molecule has 38 heavy (non-hydrogen) atoms. The lowest BCUT2D eigenvalue weighted by Gasteiger charge is -2.11. The largest absolute Gasteiger partial charge is 0.497 e. The summed E-state index contributed by atoms with van der Waals surface area (Å²) in [5, 5.41) is 7.93. The molecule has 0 amide bonds. The molecule has 0 aliphatic carbocycles. The van der Waals surface area contributed by atoms with E-state index in [1.807, 2.05) is 79.7 Å². The second-order valence-corrected chi connectivity index (χ2v) is 9.89. The van der Waals surface area contributed by atoms with Gasteiger partial charge in [0.05, 0.1) is 12.8 Å². The van der Waals surface area contributed by atoms with Gasteiger partial charge in [0.25, 0.3) is 0 Å². The lowest BCUT2D eigenvalue weighted by Crippen LogP contribution is -2.14. The van der Waals surface area contributed by atoms with Gasteiger partial charge in [0.1, 0.15) is 18.1 Å². The fourth-order valence-electron chi connectivity index (χ4n) is 4.30. The third-order valence-corrected chi connectivity index (χ3v) is 6.72. The average Bonchev–Trinajstić information content (AvgIpc) is 3.35. The standard InChI is InChI=1S/C31H26Cl2N2O3/c1-3-4-31(36)21-7-5-20(6-8-21)19-38-35-30(18-29(34-35)25-14-26(32)17-27(33)15-25)24-10-9-23-16-28(37-2)12-11-22(23)13-24/h5-18H,3-4,19H2,1-2H3. The molecule has 192 valence electrons. The van der Waals surface area contributed by atoms with E-state index in [0.29, 0.717) is 27.7 Å². The number of carbonyl (C=O) groups is 1. The van der Waals surface area contributed by atoms with Crippen LogP contribution in [-0.4, -0.2) is 22.8 Å². The number of Topliss-reactive ketones (excluding diaryl/α,β-unsaturated/α-hetero) is 1. The molecule has 0 fully saturated rings. The Hall–Kier alpha value is -3.80. The van der Waals surface area contributed by atoms with E-state index in [1.165, 1.54) is 4.85 Å². The number of rotatable bonds is 9. The third-order valence-electron chi connectivity index (χ3n) is 6.29. The Balaban J connectivity index is 1.49. The summed E-state index contributed by atoms with van der Waals surface area (Å²) in [5.41, 5.74) is 4.83. The summed E-state index contributed by atoms with van der Waals surface area (Å²) in [6.07, 6.45) is 1.37. The first-order valence-electron chi connectivity index (χ1n) is 12.3. The third kappa shape index (κ3) is 5.69. The van der Waals surface area contributed by atoms with Crippen molar-refractivity contribution in [3.63, 3.8) is 0 Å². The summed E-state index contributed by atoms with van der Waals surface area (Å²) < 4.78 is 5.36. The van der Waals surface area contributed by atoms with Gasteiger partial charge in [-0.1, -0.05) is 77.4 Å². The first kappa shape index (κ1) is 25.8. The van der Waals surface area contributed by atoms with Gasteiger partial charge < -0.3 is 9.57 Å². The number of hydrogen-bond acceptors (Lipinski definition) is 4. The molecule has 5 rings (SSSR count). The van der Waals surface area contributed by atoms with Crippen LogP contribution in [-0.2, 0) is 6.61 Å². The molecule has 5 aromatic rings. The van der Waals surface area contributed by atoms with Crippen molar-refractivity contribution in [1.29, 1.82) is 0 Å². The number of hydrogen-bond donors (Lipinski definition) is 0. The molecule has 0 saturated carbocycles. The molecule has 7 heteroatoms. The van der Waals surface area contributed by atoms with E-state index in [0.717, 1.165) is 45.3 Å².